The second kappa shape index (κ2) is 9.65. The van der Waals surface area contributed by atoms with Crippen LogP contribution < -0.4 is 5.32 Å². The largest absolute Gasteiger partial charge is 0.384 e. The molecule has 3 aromatic heterocycles. The van der Waals surface area contributed by atoms with E-state index >= 15 is 0 Å². The van der Waals surface area contributed by atoms with Crippen LogP contribution in [0.15, 0.2) is 67.4 Å². The van der Waals surface area contributed by atoms with Gasteiger partial charge in [0.05, 0.1) is 36.7 Å². The van der Waals surface area contributed by atoms with E-state index in [0.29, 0.717) is 6.54 Å². The second-order valence-electron chi connectivity index (χ2n) is 7.08. The van der Waals surface area contributed by atoms with E-state index in [1.54, 1.807) is 0 Å². The number of pyridine rings is 3. The summed E-state index contributed by atoms with van der Waals surface area (Å²) in [6.07, 6.45) is 9.71. The fourth-order valence-electron chi connectivity index (χ4n) is 2.69. The van der Waals surface area contributed by atoms with Gasteiger partial charge in [0.15, 0.2) is 0 Å². The topological polar surface area (TPSA) is 53.9 Å². The van der Waals surface area contributed by atoms with Gasteiger partial charge in [0.1, 0.15) is 0 Å². The van der Waals surface area contributed by atoms with Gasteiger partial charge >= 0.3 is 0 Å². The molecule has 144 valence electrons. The van der Waals surface area contributed by atoms with Gasteiger partial charge < -0.3 is 10.2 Å². The normalized spacial score (nSPS) is 11.0. The zero-order valence-corrected chi connectivity index (χ0v) is 16.8. The monoisotopic (exact) mass is 373 g/mol. The van der Waals surface area contributed by atoms with Crippen molar-refractivity contribution in [1.29, 1.82) is 0 Å². The highest BCUT2D eigenvalue weighted by Gasteiger charge is 2.05. The lowest BCUT2D eigenvalue weighted by molar-refractivity contribution is 0.350. The minimum absolute atomic E-state index is 0.691. The summed E-state index contributed by atoms with van der Waals surface area (Å²) in [5.41, 5.74) is 6.57. The van der Waals surface area contributed by atoms with Crippen LogP contribution in [0.25, 0.3) is 0 Å². The van der Waals surface area contributed by atoms with Crippen molar-refractivity contribution >= 4 is 0 Å². The van der Waals surface area contributed by atoms with Crippen LogP contribution in [0.1, 0.15) is 33.8 Å². The molecule has 0 fully saturated rings. The van der Waals surface area contributed by atoms with Crippen LogP contribution in [0.2, 0.25) is 0 Å². The second-order valence-corrected chi connectivity index (χ2v) is 7.08. The van der Waals surface area contributed by atoms with E-state index in [9.17, 15) is 0 Å². The maximum atomic E-state index is 4.53. The highest BCUT2D eigenvalue weighted by atomic mass is 15.1. The molecular formula is C23H27N5. The molecule has 0 aliphatic heterocycles. The van der Waals surface area contributed by atoms with Crippen molar-refractivity contribution in [2.75, 3.05) is 0 Å². The Kier molecular flexibility index (Phi) is 6.73. The summed E-state index contributed by atoms with van der Waals surface area (Å²) >= 11 is 0. The molecule has 0 amide bonds. The molecule has 0 bridgehead atoms. The number of nitrogens with zero attached hydrogens (tertiary/aromatic N) is 4. The van der Waals surface area contributed by atoms with Crippen molar-refractivity contribution in [3.8, 4) is 0 Å². The third-order valence-electron chi connectivity index (χ3n) is 4.33. The number of rotatable bonds is 8. The van der Waals surface area contributed by atoms with E-state index < -0.39 is 0 Å². The van der Waals surface area contributed by atoms with Crippen LogP contribution in [-0.4, -0.2) is 19.9 Å². The zero-order valence-electron chi connectivity index (χ0n) is 16.8. The number of aromatic nitrogens is 3. The van der Waals surface area contributed by atoms with Crippen molar-refractivity contribution in [1.82, 2.24) is 25.2 Å². The summed E-state index contributed by atoms with van der Waals surface area (Å²) < 4.78 is 0. The Balaban J connectivity index is 1.64. The highest BCUT2D eigenvalue weighted by molar-refractivity contribution is 5.15. The van der Waals surface area contributed by atoms with Gasteiger partial charge in [-0.25, -0.2) is 0 Å². The molecule has 3 heterocycles. The fraction of sp³-hybridized carbons (Fsp3) is 0.261. The summed E-state index contributed by atoms with van der Waals surface area (Å²) in [7, 11) is 0. The molecule has 28 heavy (non-hydrogen) atoms. The average molecular weight is 374 g/mol. The van der Waals surface area contributed by atoms with Crippen LogP contribution in [0, 0.1) is 20.8 Å². The van der Waals surface area contributed by atoms with E-state index in [-0.39, 0.29) is 0 Å². The van der Waals surface area contributed by atoms with Crippen molar-refractivity contribution in [3.63, 3.8) is 0 Å². The van der Waals surface area contributed by atoms with Gasteiger partial charge in [-0.2, -0.15) is 0 Å². The smallest absolute Gasteiger partial charge is 0.0601 e. The third-order valence-corrected chi connectivity index (χ3v) is 4.33. The Morgan fingerprint density at radius 3 is 1.61 bits per heavy atom. The standard InChI is InChI=1S/C23H27N5/c1-18-4-7-21(25-12-18)15-24-10-11-28(16-22-8-5-19(2)13-26-22)17-23-9-6-20(3)14-27-23/h4-14,24H,15-17H2,1-3H3/b11-10+. The number of nitrogens with one attached hydrogen (secondary N) is 1. The minimum Gasteiger partial charge on any atom is -0.384 e. The summed E-state index contributed by atoms with van der Waals surface area (Å²) in [6.45, 7) is 8.27. The maximum Gasteiger partial charge on any atom is 0.0601 e. The van der Waals surface area contributed by atoms with E-state index in [1.165, 1.54) is 16.7 Å². The molecule has 3 rings (SSSR count). The molecule has 0 saturated carbocycles. The predicted octanol–water partition coefficient (Wildman–Crippen LogP) is 4.06. The van der Waals surface area contributed by atoms with Gasteiger partial charge in [0.2, 0.25) is 0 Å². The van der Waals surface area contributed by atoms with Gasteiger partial charge in [0, 0.05) is 31.0 Å². The van der Waals surface area contributed by atoms with Crippen LogP contribution in [0.3, 0.4) is 0 Å². The molecule has 3 aromatic rings. The summed E-state index contributed by atoms with van der Waals surface area (Å²) in [4.78, 5) is 15.7. The Morgan fingerprint density at radius 1 is 0.714 bits per heavy atom. The molecular weight excluding hydrogens is 346 g/mol. The molecule has 0 spiro atoms. The summed E-state index contributed by atoms with van der Waals surface area (Å²) in [5.74, 6) is 0. The lowest BCUT2D eigenvalue weighted by Gasteiger charge is -2.20. The van der Waals surface area contributed by atoms with Gasteiger partial charge in [-0.1, -0.05) is 18.2 Å². The SMILES string of the molecule is Cc1ccc(CN/C=C/N(Cc2ccc(C)cn2)Cc2ccc(C)cn2)nc1. The van der Waals surface area contributed by atoms with Crippen LogP contribution >= 0.6 is 0 Å². The van der Waals surface area contributed by atoms with Crippen LogP contribution in [-0.2, 0) is 19.6 Å². The van der Waals surface area contributed by atoms with Crippen molar-refractivity contribution in [2.45, 2.75) is 40.4 Å². The molecule has 5 heteroatoms. The molecule has 0 unspecified atom stereocenters. The summed E-state index contributed by atoms with van der Waals surface area (Å²) in [5, 5.41) is 3.32. The quantitative estimate of drug-likeness (QED) is 0.645. The molecule has 0 aliphatic carbocycles. The molecule has 0 aromatic carbocycles. The van der Waals surface area contributed by atoms with Crippen molar-refractivity contribution in [2.24, 2.45) is 0 Å². The lowest BCUT2D eigenvalue weighted by atomic mass is 10.2. The molecule has 0 radical (unpaired) electrons. The van der Waals surface area contributed by atoms with Gasteiger partial charge in [-0.15, -0.1) is 0 Å². The maximum absolute atomic E-state index is 4.53. The Bertz CT molecular complexity index is 836. The molecule has 0 saturated heterocycles. The average Bonchev–Trinajstić information content (AvgIpc) is 2.70. The van der Waals surface area contributed by atoms with Crippen LogP contribution in [0.4, 0.5) is 0 Å². The van der Waals surface area contributed by atoms with Crippen molar-refractivity contribution < 1.29 is 0 Å². The first-order valence-electron chi connectivity index (χ1n) is 9.47. The Labute approximate surface area is 167 Å². The Morgan fingerprint density at radius 2 is 1.18 bits per heavy atom. The summed E-state index contributed by atoms with van der Waals surface area (Å²) in [6, 6.07) is 12.4. The van der Waals surface area contributed by atoms with Gasteiger partial charge in [-0.3, -0.25) is 15.0 Å². The third kappa shape index (κ3) is 6.20. The number of hydrogen-bond donors (Lipinski definition) is 1. The molecule has 1 N–H and O–H groups in total. The molecule has 0 aliphatic rings. The lowest BCUT2D eigenvalue weighted by Crippen LogP contribution is -2.19. The van der Waals surface area contributed by atoms with E-state index in [2.05, 4.69) is 61.7 Å². The predicted molar refractivity (Wildman–Crippen MR) is 112 cm³/mol. The molecule has 5 nitrogen and oxygen atoms in total. The fourth-order valence-corrected chi connectivity index (χ4v) is 2.69. The van der Waals surface area contributed by atoms with Gasteiger partial charge in [0.25, 0.3) is 0 Å². The van der Waals surface area contributed by atoms with E-state index in [1.807, 2.05) is 51.6 Å². The minimum atomic E-state index is 0.691. The van der Waals surface area contributed by atoms with Crippen LogP contribution in [0.5, 0.6) is 0 Å². The van der Waals surface area contributed by atoms with Gasteiger partial charge in [-0.05, 0) is 55.7 Å². The first-order chi connectivity index (χ1) is 13.6. The first kappa shape index (κ1) is 19.5. The zero-order chi connectivity index (χ0) is 19.8. The van der Waals surface area contributed by atoms with E-state index in [0.717, 1.165) is 30.2 Å². The number of hydrogen-bond acceptors (Lipinski definition) is 5. The number of aryl methyl sites for hydroxylation is 3. The Hall–Kier alpha value is -3.21. The van der Waals surface area contributed by atoms with E-state index in [4.69, 9.17) is 0 Å². The highest BCUT2D eigenvalue weighted by Crippen LogP contribution is 2.09. The van der Waals surface area contributed by atoms with Crippen molar-refractivity contribution in [3.05, 3.63) is 101 Å². The first-order valence-corrected chi connectivity index (χ1v) is 9.47. The molecule has 0 atom stereocenters.